The monoisotopic (exact) mass is 418 g/mol. The van der Waals surface area contributed by atoms with Gasteiger partial charge in [-0.05, 0) is 25.5 Å². The van der Waals surface area contributed by atoms with Gasteiger partial charge in [0, 0.05) is 4.47 Å². The van der Waals surface area contributed by atoms with E-state index in [-0.39, 0.29) is 19.9 Å². The van der Waals surface area contributed by atoms with Crippen LogP contribution in [-0.2, 0) is 10.0 Å². The predicted molar refractivity (Wildman–Crippen MR) is 90.0 cm³/mol. The van der Waals surface area contributed by atoms with Crippen LogP contribution in [0.5, 0.6) is 0 Å². The fraction of sp³-hybridized carbons (Fsp3) is 0.364. The topological polar surface area (TPSA) is 72.2 Å². The van der Waals surface area contributed by atoms with E-state index in [1.807, 2.05) is 0 Å². The maximum Gasteiger partial charge on any atom is 0.244 e. The Morgan fingerprint density at radius 2 is 1.90 bits per heavy atom. The molecule has 0 amide bonds. The highest BCUT2D eigenvalue weighted by Gasteiger charge is 2.34. The van der Waals surface area contributed by atoms with Crippen molar-refractivity contribution in [2.75, 3.05) is 0 Å². The van der Waals surface area contributed by atoms with Crippen LogP contribution in [0.15, 0.2) is 21.5 Å². The zero-order chi connectivity index (χ0) is 15.7. The fourth-order valence-electron chi connectivity index (χ4n) is 1.43. The van der Waals surface area contributed by atoms with E-state index in [9.17, 15) is 8.42 Å². The highest BCUT2D eigenvalue weighted by Crippen LogP contribution is 2.33. The maximum absolute atomic E-state index is 12.5. The number of nitrogens with two attached hydrogens (primary N) is 1. The molecule has 112 valence electrons. The van der Waals surface area contributed by atoms with Crippen LogP contribution in [0.4, 0.5) is 0 Å². The third kappa shape index (κ3) is 3.84. The van der Waals surface area contributed by atoms with Crippen molar-refractivity contribution in [3.8, 4) is 0 Å². The van der Waals surface area contributed by atoms with Crippen molar-refractivity contribution in [1.29, 1.82) is 0 Å². The summed E-state index contributed by atoms with van der Waals surface area (Å²) >= 11 is 20.0. The van der Waals surface area contributed by atoms with Gasteiger partial charge in [-0.3, -0.25) is 0 Å². The van der Waals surface area contributed by atoms with Crippen LogP contribution in [0.1, 0.15) is 20.3 Å². The summed E-state index contributed by atoms with van der Waals surface area (Å²) in [7, 11) is -3.96. The molecule has 1 aromatic carbocycles. The van der Waals surface area contributed by atoms with Crippen molar-refractivity contribution >= 4 is 66.4 Å². The van der Waals surface area contributed by atoms with Crippen LogP contribution in [-0.4, -0.2) is 18.9 Å². The Bertz CT molecular complexity index is 629. The van der Waals surface area contributed by atoms with Crippen LogP contribution >= 0.6 is 51.3 Å². The molecule has 1 atom stereocenters. The average Bonchev–Trinajstić information content (AvgIpc) is 2.25. The Hall–Kier alpha value is 0.0800. The molecule has 9 heteroatoms. The van der Waals surface area contributed by atoms with Crippen LogP contribution in [0, 0.1) is 0 Å². The lowest BCUT2D eigenvalue weighted by Crippen LogP contribution is -2.53. The Kier molecular flexibility index (Phi) is 5.85. The first-order valence-corrected chi connectivity index (χ1v) is 8.96. The van der Waals surface area contributed by atoms with E-state index >= 15 is 0 Å². The molecule has 0 spiro atoms. The van der Waals surface area contributed by atoms with Crippen molar-refractivity contribution in [2.45, 2.75) is 30.7 Å². The van der Waals surface area contributed by atoms with Crippen molar-refractivity contribution in [2.24, 2.45) is 5.73 Å². The molecule has 20 heavy (non-hydrogen) atoms. The lowest BCUT2D eigenvalue weighted by molar-refractivity contribution is 0.511. The van der Waals surface area contributed by atoms with Crippen LogP contribution in [0.25, 0.3) is 0 Å². The number of hydrogen-bond acceptors (Lipinski definition) is 3. The molecule has 0 saturated heterocycles. The molecular weight excluding hydrogens is 407 g/mol. The summed E-state index contributed by atoms with van der Waals surface area (Å²) in [5, 5.41) is 0.0246. The summed E-state index contributed by atoms with van der Waals surface area (Å²) in [5.74, 6) is 0. The molecule has 1 aromatic rings. The second-order valence-corrected chi connectivity index (χ2v) is 8.14. The summed E-state index contributed by atoms with van der Waals surface area (Å²) in [4.78, 5) is -0.145. The Labute approximate surface area is 142 Å². The zero-order valence-electron chi connectivity index (χ0n) is 10.7. The van der Waals surface area contributed by atoms with Gasteiger partial charge >= 0.3 is 0 Å². The fourth-order valence-corrected chi connectivity index (χ4v) is 5.09. The van der Waals surface area contributed by atoms with Gasteiger partial charge < -0.3 is 5.73 Å². The van der Waals surface area contributed by atoms with Gasteiger partial charge in [0.25, 0.3) is 0 Å². The van der Waals surface area contributed by atoms with E-state index in [1.54, 1.807) is 13.8 Å². The third-order valence-corrected chi connectivity index (χ3v) is 6.27. The minimum atomic E-state index is -3.96. The molecular formula is C11H13BrCl2N2O2S2. The van der Waals surface area contributed by atoms with Crippen molar-refractivity contribution in [3.05, 3.63) is 26.7 Å². The minimum Gasteiger partial charge on any atom is -0.392 e. The molecule has 0 bridgehead atoms. The van der Waals surface area contributed by atoms with Crippen LogP contribution < -0.4 is 10.5 Å². The quantitative estimate of drug-likeness (QED) is 0.716. The van der Waals surface area contributed by atoms with E-state index in [0.29, 0.717) is 10.9 Å². The second-order valence-electron chi connectivity index (χ2n) is 4.35. The first kappa shape index (κ1) is 18.1. The lowest BCUT2D eigenvalue weighted by atomic mass is 10.0. The molecule has 4 nitrogen and oxygen atoms in total. The first-order valence-electron chi connectivity index (χ1n) is 5.52. The molecule has 3 N–H and O–H groups in total. The van der Waals surface area contributed by atoms with Gasteiger partial charge in [0.2, 0.25) is 10.0 Å². The zero-order valence-corrected chi connectivity index (χ0v) is 15.4. The van der Waals surface area contributed by atoms with E-state index in [0.717, 1.165) is 0 Å². The summed E-state index contributed by atoms with van der Waals surface area (Å²) < 4.78 is 27.9. The van der Waals surface area contributed by atoms with Crippen LogP contribution in [0.3, 0.4) is 0 Å². The number of benzene rings is 1. The second kappa shape index (κ2) is 6.46. The average molecular weight is 420 g/mol. The van der Waals surface area contributed by atoms with Crippen LogP contribution in [0.2, 0.25) is 10.0 Å². The molecule has 1 rings (SSSR count). The summed E-state index contributed by atoms with van der Waals surface area (Å²) in [5.41, 5.74) is 4.55. The normalized spacial score (nSPS) is 14.8. The molecule has 0 aromatic heterocycles. The SMILES string of the molecule is CCC(C)(NS(=O)(=O)c1c(Cl)cc(Br)cc1Cl)C(N)=S. The number of halogens is 3. The van der Waals surface area contributed by atoms with Gasteiger partial charge in [0.15, 0.2) is 0 Å². The van der Waals surface area contributed by atoms with E-state index in [1.165, 1.54) is 12.1 Å². The number of sulfonamides is 1. The summed E-state index contributed by atoms with van der Waals surface area (Å²) in [6.45, 7) is 3.38. The van der Waals surface area contributed by atoms with Gasteiger partial charge in [-0.15, -0.1) is 0 Å². The van der Waals surface area contributed by atoms with Gasteiger partial charge in [0.05, 0.1) is 20.6 Å². The molecule has 0 radical (unpaired) electrons. The number of nitrogens with one attached hydrogen (secondary N) is 1. The number of rotatable bonds is 5. The predicted octanol–water partition coefficient (Wildman–Crippen LogP) is 3.49. The van der Waals surface area contributed by atoms with Crippen molar-refractivity contribution < 1.29 is 8.42 Å². The maximum atomic E-state index is 12.5. The molecule has 0 aliphatic rings. The van der Waals surface area contributed by atoms with Crippen molar-refractivity contribution in [3.63, 3.8) is 0 Å². The van der Waals surface area contributed by atoms with Gasteiger partial charge in [-0.1, -0.05) is 58.3 Å². The van der Waals surface area contributed by atoms with E-state index in [4.69, 9.17) is 41.2 Å². The van der Waals surface area contributed by atoms with Crippen molar-refractivity contribution in [1.82, 2.24) is 4.72 Å². The summed E-state index contributed by atoms with van der Waals surface area (Å²) in [6.07, 6.45) is 0.396. The van der Waals surface area contributed by atoms with Gasteiger partial charge in [0.1, 0.15) is 4.90 Å². The van der Waals surface area contributed by atoms with E-state index < -0.39 is 15.6 Å². The lowest BCUT2D eigenvalue weighted by Gasteiger charge is -2.28. The molecule has 0 fully saturated rings. The molecule has 0 heterocycles. The van der Waals surface area contributed by atoms with Gasteiger partial charge in [-0.2, -0.15) is 4.72 Å². The Balaban J connectivity index is 3.36. The molecule has 0 aliphatic heterocycles. The van der Waals surface area contributed by atoms with E-state index in [2.05, 4.69) is 20.7 Å². The number of hydrogen-bond donors (Lipinski definition) is 2. The third-order valence-electron chi connectivity index (χ3n) is 2.84. The summed E-state index contributed by atoms with van der Waals surface area (Å²) in [6, 6.07) is 2.90. The molecule has 0 saturated carbocycles. The smallest absolute Gasteiger partial charge is 0.244 e. The Morgan fingerprint density at radius 3 is 2.25 bits per heavy atom. The highest BCUT2D eigenvalue weighted by molar-refractivity contribution is 9.10. The Morgan fingerprint density at radius 1 is 1.45 bits per heavy atom. The van der Waals surface area contributed by atoms with Gasteiger partial charge in [-0.25, -0.2) is 8.42 Å². The number of thiocarbonyl (C=S) groups is 1. The standard InChI is InChI=1S/C11H13BrCl2N2O2S2/c1-3-11(2,10(15)19)16-20(17,18)9-7(13)4-6(12)5-8(9)14/h4-5,16H,3H2,1-2H3,(H2,15,19). The molecule has 0 aliphatic carbocycles. The highest BCUT2D eigenvalue weighted by atomic mass is 79.9. The molecule has 1 unspecified atom stereocenters. The largest absolute Gasteiger partial charge is 0.392 e. The first-order chi connectivity index (χ1) is 9.03. The minimum absolute atomic E-state index is 0.0123.